The van der Waals surface area contributed by atoms with E-state index >= 15 is 0 Å². The van der Waals surface area contributed by atoms with Gasteiger partial charge in [-0.2, -0.15) is 0 Å². The van der Waals surface area contributed by atoms with Gasteiger partial charge in [-0.25, -0.2) is 0 Å². The average molecular weight is 210 g/mol. The third-order valence-corrected chi connectivity index (χ3v) is 4.81. The van der Waals surface area contributed by atoms with Gasteiger partial charge in [0.2, 0.25) is 0 Å². The lowest BCUT2D eigenvalue weighted by atomic mass is 9.94. The van der Waals surface area contributed by atoms with Gasteiger partial charge in [-0.15, -0.1) is 7.92 Å². The molecule has 1 rings (SSSR count). The van der Waals surface area contributed by atoms with E-state index in [1.165, 1.54) is 12.6 Å². The van der Waals surface area contributed by atoms with Crippen molar-refractivity contribution in [2.45, 2.75) is 34.1 Å². The van der Waals surface area contributed by atoms with E-state index in [9.17, 15) is 0 Å². The maximum absolute atomic E-state index is 2.38. The molecule has 1 aliphatic carbocycles. The standard InChI is InChI=1S/C13H23P/c1-9-10(2)12(4)13(11(9)3)7-8-14(5)6/h13H,7-8H2,1-6H3. The quantitative estimate of drug-likeness (QED) is 0.605. The lowest BCUT2D eigenvalue weighted by Crippen LogP contribution is -2.03. The van der Waals surface area contributed by atoms with Crippen molar-refractivity contribution in [2.75, 3.05) is 19.5 Å². The Hall–Kier alpha value is -0.0900. The summed E-state index contributed by atoms with van der Waals surface area (Å²) in [5, 5.41) is 0. The average Bonchev–Trinajstić information content (AvgIpc) is 2.29. The molecule has 0 saturated carbocycles. The van der Waals surface area contributed by atoms with E-state index in [0.29, 0.717) is 0 Å². The normalized spacial score (nSPS) is 19.1. The molecule has 1 heteroatoms. The number of rotatable bonds is 3. The van der Waals surface area contributed by atoms with Crippen LogP contribution in [0, 0.1) is 5.92 Å². The van der Waals surface area contributed by atoms with Gasteiger partial charge < -0.3 is 0 Å². The van der Waals surface area contributed by atoms with Gasteiger partial charge in [0.05, 0.1) is 0 Å². The molecule has 0 aliphatic heterocycles. The van der Waals surface area contributed by atoms with Gasteiger partial charge in [-0.1, -0.05) is 11.1 Å². The number of hydrogen-bond acceptors (Lipinski definition) is 0. The number of hydrogen-bond donors (Lipinski definition) is 0. The monoisotopic (exact) mass is 210 g/mol. The minimum absolute atomic E-state index is 0.272. The van der Waals surface area contributed by atoms with Crippen molar-refractivity contribution in [3.8, 4) is 0 Å². The predicted octanol–water partition coefficient (Wildman–Crippen LogP) is 4.42. The largest absolute Gasteiger partial charge is 0.113 e. The number of allylic oxidation sites excluding steroid dienone is 4. The second-order valence-electron chi connectivity index (χ2n) is 4.76. The van der Waals surface area contributed by atoms with E-state index in [2.05, 4.69) is 41.0 Å². The fourth-order valence-electron chi connectivity index (χ4n) is 2.26. The van der Waals surface area contributed by atoms with Crippen molar-refractivity contribution < 1.29 is 0 Å². The van der Waals surface area contributed by atoms with Crippen LogP contribution in [0.1, 0.15) is 34.1 Å². The van der Waals surface area contributed by atoms with Gasteiger partial charge in [0, 0.05) is 5.92 Å². The fraction of sp³-hybridized carbons (Fsp3) is 0.692. The van der Waals surface area contributed by atoms with Crippen LogP contribution in [0.5, 0.6) is 0 Å². The van der Waals surface area contributed by atoms with Crippen LogP contribution in [0.15, 0.2) is 22.3 Å². The Balaban J connectivity index is 2.72. The van der Waals surface area contributed by atoms with Gasteiger partial charge in [-0.3, -0.25) is 0 Å². The zero-order chi connectivity index (χ0) is 10.9. The third-order valence-electron chi connectivity index (χ3n) is 3.66. The first-order chi connectivity index (χ1) is 6.45. The van der Waals surface area contributed by atoms with E-state index in [1.807, 2.05) is 0 Å². The topological polar surface area (TPSA) is 0 Å². The smallest absolute Gasteiger partial charge is 0.00164 e. The van der Waals surface area contributed by atoms with Crippen LogP contribution in [-0.4, -0.2) is 19.5 Å². The lowest BCUT2D eigenvalue weighted by Gasteiger charge is -2.16. The molecule has 0 saturated heterocycles. The Morgan fingerprint density at radius 3 is 1.71 bits per heavy atom. The summed E-state index contributed by atoms with van der Waals surface area (Å²) in [5.41, 5.74) is 6.33. The highest BCUT2D eigenvalue weighted by Crippen LogP contribution is 2.40. The first kappa shape index (κ1) is 12.0. The fourth-order valence-corrected chi connectivity index (χ4v) is 3.03. The molecule has 0 heterocycles. The highest BCUT2D eigenvalue weighted by molar-refractivity contribution is 7.55. The molecule has 0 atom stereocenters. The Morgan fingerprint density at radius 2 is 1.36 bits per heavy atom. The molecular formula is C13H23P. The van der Waals surface area contributed by atoms with Crippen molar-refractivity contribution >= 4 is 7.92 Å². The van der Waals surface area contributed by atoms with Crippen LogP contribution in [0.2, 0.25) is 0 Å². The summed E-state index contributed by atoms with van der Waals surface area (Å²) >= 11 is 0. The summed E-state index contributed by atoms with van der Waals surface area (Å²) in [6.07, 6.45) is 2.78. The second kappa shape index (κ2) is 4.62. The molecule has 0 radical (unpaired) electrons. The summed E-state index contributed by atoms with van der Waals surface area (Å²) in [5.74, 6) is 0.764. The molecule has 1 aliphatic rings. The highest BCUT2D eigenvalue weighted by atomic mass is 31.1. The summed E-state index contributed by atoms with van der Waals surface area (Å²) < 4.78 is 0. The van der Waals surface area contributed by atoms with Crippen LogP contribution >= 0.6 is 7.92 Å². The molecule has 0 fully saturated rings. The first-order valence-electron chi connectivity index (χ1n) is 5.45. The van der Waals surface area contributed by atoms with Crippen molar-refractivity contribution in [1.82, 2.24) is 0 Å². The van der Waals surface area contributed by atoms with Gasteiger partial charge >= 0.3 is 0 Å². The van der Waals surface area contributed by atoms with Crippen molar-refractivity contribution in [3.05, 3.63) is 22.3 Å². The Morgan fingerprint density at radius 1 is 0.929 bits per heavy atom. The van der Waals surface area contributed by atoms with Crippen LogP contribution in [0.4, 0.5) is 0 Å². The molecule has 0 nitrogen and oxygen atoms in total. The molecule has 0 bridgehead atoms. The van der Waals surface area contributed by atoms with Gasteiger partial charge in [0.25, 0.3) is 0 Å². The van der Waals surface area contributed by atoms with E-state index in [1.54, 1.807) is 22.3 Å². The van der Waals surface area contributed by atoms with E-state index in [0.717, 1.165) is 5.92 Å². The molecular weight excluding hydrogens is 187 g/mol. The minimum Gasteiger partial charge on any atom is -0.113 e. The molecule has 0 unspecified atom stereocenters. The zero-order valence-electron chi connectivity index (χ0n) is 10.4. The summed E-state index contributed by atoms with van der Waals surface area (Å²) in [6.45, 7) is 13.9. The highest BCUT2D eigenvalue weighted by Gasteiger charge is 2.23. The van der Waals surface area contributed by atoms with Crippen LogP contribution in [0.25, 0.3) is 0 Å². The Labute approximate surface area is 90.2 Å². The molecule has 0 spiro atoms. The maximum Gasteiger partial charge on any atom is 0.00164 e. The van der Waals surface area contributed by atoms with Gasteiger partial charge in [0.15, 0.2) is 0 Å². The van der Waals surface area contributed by atoms with Crippen molar-refractivity contribution in [1.29, 1.82) is 0 Å². The summed E-state index contributed by atoms with van der Waals surface area (Å²) in [6, 6.07) is 0. The van der Waals surface area contributed by atoms with Crippen molar-refractivity contribution in [3.63, 3.8) is 0 Å². The van der Waals surface area contributed by atoms with E-state index in [4.69, 9.17) is 0 Å². The van der Waals surface area contributed by atoms with Gasteiger partial charge in [0.1, 0.15) is 0 Å². The van der Waals surface area contributed by atoms with E-state index in [-0.39, 0.29) is 7.92 Å². The minimum atomic E-state index is 0.272. The lowest BCUT2D eigenvalue weighted by molar-refractivity contribution is 0.698. The summed E-state index contributed by atoms with van der Waals surface area (Å²) in [4.78, 5) is 0. The second-order valence-corrected chi connectivity index (χ2v) is 7.37. The first-order valence-corrected chi connectivity index (χ1v) is 7.87. The molecule has 0 aromatic heterocycles. The zero-order valence-corrected chi connectivity index (χ0v) is 11.3. The molecule has 0 amide bonds. The molecule has 80 valence electrons. The predicted molar refractivity (Wildman–Crippen MR) is 68.5 cm³/mol. The summed E-state index contributed by atoms with van der Waals surface area (Å²) in [7, 11) is 0.272. The van der Waals surface area contributed by atoms with Crippen LogP contribution in [-0.2, 0) is 0 Å². The Kier molecular flexibility index (Phi) is 3.95. The molecule has 0 N–H and O–H groups in total. The van der Waals surface area contributed by atoms with E-state index < -0.39 is 0 Å². The van der Waals surface area contributed by atoms with Crippen molar-refractivity contribution in [2.24, 2.45) is 5.92 Å². The van der Waals surface area contributed by atoms with Crippen LogP contribution in [0.3, 0.4) is 0 Å². The Bertz CT molecular complexity index is 258. The van der Waals surface area contributed by atoms with Crippen LogP contribution < -0.4 is 0 Å². The third kappa shape index (κ3) is 2.28. The maximum atomic E-state index is 2.38. The SMILES string of the molecule is CC1=C(C)C(CCP(C)C)C(C)=C1C. The molecule has 14 heavy (non-hydrogen) atoms. The molecule has 0 aromatic carbocycles. The molecule has 0 aromatic rings. The van der Waals surface area contributed by atoms with Gasteiger partial charge in [-0.05, 0) is 64.8 Å².